The van der Waals surface area contributed by atoms with Crippen molar-refractivity contribution in [3.8, 4) is 0 Å². The molecule has 6 heteroatoms. The van der Waals surface area contributed by atoms with Crippen molar-refractivity contribution < 1.29 is 19.4 Å². The number of carbonyl (C=O) groups excluding carboxylic acids is 1. The molecule has 0 unspecified atom stereocenters. The summed E-state index contributed by atoms with van der Waals surface area (Å²) in [6, 6.07) is 7.35. The monoisotopic (exact) mass is 311 g/mol. The Morgan fingerprint density at radius 1 is 1.33 bits per heavy atom. The minimum Gasteiger partial charge on any atom is -0.479 e. The summed E-state index contributed by atoms with van der Waals surface area (Å²) < 4.78 is 5.30. The van der Waals surface area contributed by atoms with E-state index < -0.39 is 12.1 Å². The lowest BCUT2D eigenvalue weighted by Crippen LogP contribution is -2.51. The molecule has 114 valence electrons. The normalized spacial score (nSPS) is 22.1. The van der Waals surface area contributed by atoms with E-state index in [1.807, 2.05) is 12.1 Å². The van der Waals surface area contributed by atoms with E-state index in [-0.39, 0.29) is 18.6 Å². The number of ether oxygens (including phenoxy) is 1. The topological polar surface area (TPSA) is 66.8 Å². The number of hydrogen-bond donors (Lipinski definition) is 1. The smallest absolute Gasteiger partial charge is 0.334 e. The molecule has 5 nitrogen and oxygen atoms in total. The molecule has 1 aromatic rings. The van der Waals surface area contributed by atoms with Gasteiger partial charge in [-0.1, -0.05) is 23.7 Å². The first-order valence-electron chi connectivity index (χ1n) is 6.86. The molecule has 0 saturated carbocycles. The van der Waals surface area contributed by atoms with Crippen LogP contribution in [0.5, 0.6) is 0 Å². The van der Waals surface area contributed by atoms with Gasteiger partial charge in [0.2, 0.25) is 5.91 Å². The number of amides is 1. The maximum atomic E-state index is 12.2. The molecule has 1 N–H and O–H groups in total. The van der Waals surface area contributed by atoms with Gasteiger partial charge in [-0.25, -0.2) is 4.79 Å². The summed E-state index contributed by atoms with van der Waals surface area (Å²) in [6.45, 7) is 2.32. The van der Waals surface area contributed by atoms with Gasteiger partial charge in [0.25, 0.3) is 0 Å². The van der Waals surface area contributed by atoms with Crippen LogP contribution in [0, 0.1) is 0 Å². The predicted octanol–water partition coefficient (Wildman–Crippen LogP) is 1.97. The van der Waals surface area contributed by atoms with Crippen LogP contribution < -0.4 is 0 Å². The van der Waals surface area contributed by atoms with Crippen LogP contribution in [0.15, 0.2) is 24.3 Å². The van der Waals surface area contributed by atoms with Gasteiger partial charge in [0, 0.05) is 18.0 Å². The van der Waals surface area contributed by atoms with Crippen LogP contribution in [0.1, 0.15) is 18.9 Å². The number of morpholine rings is 1. The second-order valence-electron chi connectivity index (χ2n) is 5.20. The van der Waals surface area contributed by atoms with Crippen LogP contribution in [0.3, 0.4) is 0 Å². The second kappa shape index (κ2) is 6.91. The number of carboxylic acid groups (broad SMARTS) is 1. The molecule has 0 aliphatic carbocycles. The first kappa shape index (κ1) is 15.8. The van der Waals surface area contributed by atoms with Gasteiger partial charge in [-0.2, -0.15) is 0 Å². The van der Waals surface area contributed by atoms with Crippen LogP contribution >= 0.6 is 11.6 Å². The minimum atomic E-state index is -1.03. The molecule has 2 rings (SSSR count). The summed E-state index contributed by atoms with van der Waals surface area (Å²) in [6.07, 6.45) is -0.243. The molecule has 1 saturated heterocycles. The lowest BCUT2D eigenvalue weighted by Gasteiger charge is -2.35. The molecule has 2 atom stereocenters. The first-order valence-corrected chi connectivity index (χ1v) is 7.24. The zero-order valence-corrected chi connectivity index (χ0v) is 12.5. The van der Waals surface area contributed by atoms with Gasteiger partial charge < -0.3 is 14.7 Å². The van der Waals surface area contributed by atoms with E-state index in [2.05, 4.69) is 0 Å². The number of halogens is 1. The van der Waals surface area contributed by atoms with Gasteiger partial charge in [0.15, 0.2) is 6.10 Å². The Morgan fingerprint density at radius 2 is 2.00 bits per heavy atom. The van der Waals surface area contributed by atoms with Gasteiger partial charge in [-0.15, -0.1) is 0 Å². The van der Waals surface area contributed by atoms with E-state index in [4.69, 9.17) is 21.4 Å². The van der Waals surface area contributed by atoms with Gasteiger partial charge in [0.1, 0.15) is 0 Å². The zero-order valence-electron chi connectivity index (χ0n) is 11.8. The third-order valence-corrected chi connectivity index (χ3v) is 3.68. The molecule has 1 amide bonds. The summed E-state index contributed by atoms with van der Waals surface area (Å²) in [5, 5.41) is 9.68. The Bertz CT molecular complexity index is 517. The lowest BCUT2D eigenvalue weighted by molar-refractivity contribution is -0.166. The molecule has 1 fully saturated rings. The number of nitrogens with zero attached hydrogens (tertiary/aromatic N) is 1. The number of benzene rings is 1. The number of rotatable bonds is 4. The van der Waals surface area contributed by atoms with Crippen molar-refractivity contribution in [3.05, 3.63) is 34.9 Å². The zero-order chi connectivity index (χ0) is 15.4. The molecule has 21 heavy (non-hydrogen) atoms. The fraction of sp³-hybridized carbons (Fsp3) is 0.467. The Hall–Kier alpha value is -1.59. The molecule has 1 aromatic carbocycles. The highest BCUT2D eigenvalue weighted by Gasteiger charge is 2.32. The number of hydrogen-bond acceptors (Lipinski definition) is 3. The van der Waals surface area contributed by atoms with E-state index in [0.29, 0.717) is 24.4 Å². The number of carboxylic acids is 1. The van der Waals surface area contributed by atoms with E-state index in [1.165, 1.54) is 0 Å². The van der Waals surface area contributed by atoms with E-state index in [1.54, 1.807) is 24.0 Å². The maximum absolute atomic E-state index is 12.2. The van der Waals surface area contributed by atoms with Crippen molar-refractivity contribution in [1.82, 2.24) is 4.90 Å². The fourth-order valence-electron chi connectivity index (χ4n) is 2.35. The SMILES string of the molecule is C[C@@H]1CN(C(=O)CCc2ccc(Cl)cc2)C[C@H](C(=O)O)O1. The lowest BCUT2D eigenvalue weighted by atomic mass is 10.1. The fourth-order valence-corrected chi connectivity index (χ4v) is 2.48. The van der Waals surface area contributed by atoms with Gasteiger partial charge in [0.05, 0.1) is 12.6 Å². The second-order valence-corrected chi connectivity index (χ2v) is 5.64. The van der Waals surface area contributed by atoms with Gasteiger partial charge in [-0.05, 0) is 31.0 Å². The highest BCUT2D eigenvalue weighted by Crippen LogP contribution is 2.15. The molecule has 0 aromatic heterocycles. The molecule has 0 bridgehead atoms. The summed E-state index contributed by atoms with van der Waals surface area (Å²) >= 11 is 5.81. The third kappa shape index (κ3) is 4.44. The highest BCUT2D eigenvalue weighted by molar-refractivity contribution is 6.30. The van der Waals surface area contributed by atoms with Crippen molar-refractivity contribution in [2.24, 2.45) is 0 Å². The van der Waals surface area contributed by atoms with Crippen molar-refractivity contribution in [3.63, 3.8) is 0 Å². The average Bonchev–Trinajstić information content (AvgIpc) is 2.45. The molecule has 1 heterocycles. The average molecular weight is 312 g/mol. The maximum Gasteiger partial charge on any atom is 0.334 e. The number of carbonyl (C=O) groups is 2. The van der Waals surface area contributed by atoms with Gasteiger partial charge >= 0.3 is 5.97 Å². The quantitative estimate of drug-likeness (QED) is 0.923. The number of aliphatic carboxylic acids is 1. The van der Waals surface area contributed by atoms with Crippen molar-refractivity contribution in [2.45, 2.75) is 32.0 Å². The molecular weight excluding hydrogens is 294 g/mol. The largest absolute Gasteiger partial charge is 0.479 e. The van der Waals surface area contributed by atoms with E-state index in [9.17, 15) is 9.59 Å². The van der Waals surface area contributed by atoms with Crippen LogP contribution in [-0.2, 0) is 20.7 Å². The summed E-state index contributed by atoms with van der Waals surface area (Å²) in [4.78, 5) is 24.8. The summed E-state index contributed by atoms with van der Waals surface area (Å²) in [5.74, 6) is -1.08. The van der Waals surface area contributed by atoms with Crippen LogP contribution in [-0.4, -0.2) is 47.2 Å². The standard InChI is InChI=1S/C15H18ClNO4/c1-10-8-17(9-13(21-10)15(19)20)14(18)7-4-11-2-5-12(16)6-3-11/h2-3,5-6,10,13H,4,7-9H2,1H3,(H,19,20)/t10-,13-/m1/s1. The van der Waals surface area contributed by atoms with Gasteiger partial charge in [-0.3, -0.25) is 4.79 Å². The van der Waals surface area contributed by atoms with Crippen LogP contribution in [0.2, 0.25) is 5.02 Å². The molecule has 1 aliphatic rings. The Kier molecular flexibility index (Phi) is 5.20. The van der Waals surface area contributed by atoms with Crippen LogP contribution in [0.4, 0.5) is 0 Å². The Morgan fingerprint density at radius 3 is 2.62 bits per heavy atom. The van der Waals surface area contributed by atoms with Crippen LogP contribution in [0.25, 0.3) is 0 Å². The molecule has 0 radical (unpaired) electrons. The van der Waals surface area contributed by atoms with Crippen molar-refractivity contribution >= 4 is 23.5 Å². The summed E-state index contributed by atoms with van der Waals surface area (Å²) in [5.41, 5.74) is 1.03. The third-order valence-electron chi connectivity index (χ3n) is 3.43. The molecular formula is C15H18ClNO4. The molecule has 1 aliphatic heterocycles. The van der Waals surface area contributed by atoms with Crippen molar-refractivity contribution in [1.29, 1.82) is 0 Å². The number of aryl methyl sites for hydroxylation is 1. The minimum absolute atomic E-state index is 0.0497. The first-order chi connectivity index (χ1) is 9.95. The Balaban J connectivity index is 1.90. The highest BCUT2D eigenvalue weighted by atomic mass is 35.5. The van der Waals surface area contributed by atoms with E-state index >= 15 is 0 Å². The molecule has 0 spiro atoms. The van der Waals surface area contributed by atoms with Crippen molar-refractivity contribution in [2.75, 3.05) is 13.1 Å². The predicted molar refractivity (Wildman–Crippen MR) is 78.3 cm³/mol. The Labute approximate surface area is 128 Å². The summed E-state index contributed by atoms with van der Waals surface area (Å²) in [7, 11) is 0. The van der Waals surface area contributed by atoms with E-state index in [0.717, 1.165) is 5.56 Å².